The van der Waals surface area contributed by atoms with Crippen LogP contribution in [0.15, 0.2) is 0 Å². The molecule has 0 rings (SSSR count). The third-order valence-corrected chi connectivity index (χ3v) is 1.98. The molecule has 0 aromatic rings. The van der Waals surface area contributed by atoms with Gasteiger partial charge >= 0.3 is 0 Å². The number of Topliss-reactive ketones (excluding diaryl/α,β-unsaturated/α-hetero) is 2. The first-order valence-electron chi connectivity index (χ1n) is 4.63. The minimum absolute atomic E-state index is 0.0148. The Labute approximate surface area is 79.9 Å². The summed E-state index contributed by atoms with van der Waals surface area (Å²) in [6.45, 7) is 8.64. The van der Waals surface area contributed by atoms with Gasteiger partial charge < -0.3 is 5.32 Å². The van der Waals surface area contributed by atoms with Crippen LogP contribution in [0.25, 0.3) is 0 Å². The second-order valence-electron chi connectivity index (χ2n) is 3.97. The molecule has 0 spiro atoms. The van der Waals surface area contributed by atoms with Crippen molar-refractivity contribution in [3.8, 4) is 0 Å². The average molecular weight is 185 g/mol. The highest BCUT2D eigenvalue weighted by atomic mass is 16.1. The fraction of sp³-hybridized carbons (Fsp3) is 0.800. The number of rotatable bonds is 6. The van der Waals surface area contributed by atoms with E-state index < -0.39 is 5.41 Å². The summed E-state index contributed by atoms with van der Waals surface area (Å²) in [6.07, 6.45) is 0.0540. The summed E-state index contributed by atoms with van der Waals surface area (Å²) in [6, 6.07) is 0. The Bertz CT molecular complexity index is 197. The second-order valence-corrected chi connectivity index (χ2v) is 3.97. The summed E-state index contributed by atoms with van der Waals surface area (Å²) < 4.78 is 0. The zero-order valence-electron chi connectivity index (χ0n) is 8.94. The molecule has 0 atom stereocenters. The number of nitrogens with one attached hydrogen (secondary N) is 1. The van der Waals surface area contributed by atoms with Crippen molar-refractivity contribution in [1.82, 2.24) is 5.32 Å². The molecule has 0 aliphatic heterocycles. The van der Waals surface area contributed by atoms with Crippen molar-refractivity contribution in [3.63, 3.8) is 0 Å². The summed E-state index contributed by atoms with van der Waals surface area (Å²) in [5.74, 6) is -0.0458. The molecule has 0 aromatic carbocycles. The topological polar surface area (TPSA) is 46.2 Å². The maximum Gasteiger partial charge on any atom is 0.147 e. The Morgan fingerprint density at radius 2 is 1.85 bits per heavy atom. The molecule has 0 saturated heterocycles. The van der Waals surface area contributed by atoms with Gasteiger partial charge in [-0.05, 0) is 13.5 Å². The van der Waals surface area contributed by atoms with E-state index in [1.54, 1.807) is 0 Å². The highest BCUT2D eigenvalue weighted by Gasteiger charge is 2.27. The molecular weight excluding hydrogens is 166 g/mol. The van der Waals surface area contributed by atoms with Crippen LogP contribution in [0.1, 0.15) is 34.1 Å². The van der Waals surface area contributed by atoms with Crippen LogP contribution in [0, 0.1) is 5.41 Å². The standard InChI is InChI=1S/C10H19NO2/c1-5-11-7-10(3,4)9(13)6-8(2)12/h11H,5-7H2,1-4H3. The van der Waals surface area contributed by atoms with E-state index in [4.69, 9.17) is 0 Å². The Hall–Kier alpha value is -0.700. The lowest BCUT2D eigenvalue weighted by Crippen LogP contribution is -2.36. The Morgan fingerprint density at radius 3 is 2.23 bits per heavy atom. The Balaban J connectivity index is 4.10. The minimum Gasteiger partial charge on any atom is -0.316 e. The first kappa shape index (κ1) is 12.3. The van der Waals surface area contributed by atoms with Crippen LogP contribution in [0.2, 0.25) is 0 Å². The van der Waals surface area contributed by atoms with Gasteiger partial charge in [0.15, 0.2) is 0 Å². The zero-order valence-corrected chi connectivity index (χ0v) is 8.94. The van der Waals surface area contributed by atoms with Gasteiger partial charge in [0, 0.05) is 12.0 Å². The molecule has 0 heterocycles. The molecule has 13 heavy (non-hydrogen) atoms. The lowest BCUT2D eigenvalue weighted by atomic mass is 9.85. The third-order valence-electron chi connectivity index (χ3n) is 1.98. The predicted molar refractivity (Wildman–Crippen MR) is 52.6 cm³/mol. The van der Waals surface area contributed by atoms with E-state index in [1.807, 2.05) is 20.8 Å². The van der Waals surface area contributed by atoms with Crippen molar-refractivity contribution in [1.29, 1.82) is 0 Å². The van der Waals surface area contributed by atoms with Gasteiger partial charge in [-0.2, -0.15) is 0 Å². The van der Waals surface area contributed by atoms with E-state index in [9.17, 15) is 9.59 Å². The largest absolute Gasteiger partial charge is 0.316 e. The van der Waals surface area contributed by atoms with Crippen molar-refractivity contribution >= 4 is 11.6 Å². The molecule has 0 aliphatic carbocycles. The van der Waals surface area contributed by atoms with Gasteiger partial charge in [0.2, 0.25) is 0 Å². The number of ketones is 2. The molecule has 0 aromatic heterocycles. The van der Waals surface area contributed by atoms with Gasteiger partial charge in [0.05, 0.1) is 6.42 Å². The maximum absolute atomic E-state index is 11.5. The van der Waals surface area contributed by atoms with E-state index >= 15 is 0 Å². The molecule has 0 radical (unpaired) electrons. The van der Waals surface area contributed by atoms with E-state index in [0.717, 1.165) is 6.54 Å². The Kier molecular flexibility index (Phi) is 4.85. The van der Waals surface area contributed by atoms with Crippen LogP contribution in [0.4, 0.5) is 0 Å². The molecular formula is C10H19NO2. The molecule has 0 fully saturated rings. The van der Waals surface area contributed by atoms with Crippen LogP contribution in [0.5, 0.6) is 0 Å². The predicted octanol–water partition coefficient (Wildman–Crippen LogP) is 1.17. The number of carbonyl (C=O) groups is 2. The highest BCUT2D eigenvalue weighted by Crippen LogP contribution is 2.17. The molecule has 3 nitrogen and oxygen atoms in total. The summed E-state index contributed by atoms with van der Waals surface area (Å²) in [5.41, 5.74) is -0.429. The van der Waals surface area contributed by atoms with Crippen LogP contribution < -0.4 is 5.32 Å². The number of carbonyl (C=O) groups excluding carboxylic acids is 2. The van der Waals surface area contributed by atoms with E-state index in [1.165, 1.54) is 6.92 Å². The maximum atomic E-state index is 11.5. The second kappa shape index (κ2) is 5.12. The van der Waals surface area contributed by atoms with Gasteiger partial charge in [-0.3, -0.25) is 9.59 Å². The average Bonchev–Trinajstić information content (AvgIpc) is 1.99. The number of hydrogen-bond acceptors (Lipinski definition) is 3. The molecule has 0 saturated carbocycles. The SMILES string of the molecule is CCNCC(C)(C)C(=O)CC(C)=O. The third kappa shape index (κ3) is 4.78. The summed E-state index contributed by atoms with van der Waals surface area (Å²) in [5, 5.41) is 3.11. The van der Waals surface area contributed by atoms with Crippen molar-refractivity contribution in [2.75, 3.05) is 13.1 Å². The molecule has 0 amide bonds. The fourth-order valence-electron chi connectivity index (χ4n) is 1.00. The van der Waals surface area contributed by atoms with Crippen molar-refractivity contribution in [2.45, 2.75) is 34.1 Å². The van der Waals surface area contributed by atoms with Gasteiger partial charge in [-0.1, -0.05) is 20.8 Å². The first-order chi connectivity index (χ1) is 5.90. The van der Waals surface area contributed by atoms with Crippen molar-refractivity contribution in [3.05, 3.63) is 0 Å². The van der Waals surface area contributed by atoms with Gasteiger partial charge in [-0.15, -0.1) is 0 Å². The fourth-order valence-corrected chi connectivity index (χ4v) is 1.00. The van der Waals surface area contributed by atoms with E-state index in [2.05, 4.69) is 5.32 Å². The van der Waals surface area contributed by atoms with Gasteiger partial charge in [0.25, 0.3) is 0 Å². The van der Waals surface area contributed by atoms with Crippen LogP contribution >= 0.6 is 0 Å². The van der Waals surface area contributed by atoms with Gasteiger partial charge in [0.1, 0.15) is 11.6 Å². The Morgan fingerprint density at radius 1 is 1.31 bits per heavy atom. The molecule has 1 N–H and O–H groups in total. The van der Waals surface area contributed by atoms with Crippen LogP contribution in [0.3, 0.4) is 0 Å². The van der Waals surface area contributed by atoms with Crippen LogP contribution in [-0.2, 0) is 9.59 Å². The molecule has 0 bridgehead atoms. The molecule has 0 unspecified atom stereocenters. The van der Waals surface area contributed by atoms with Crippen molar-refractivity contribution in [2.24, 2.45) is 5.41 Å². The first-order valence-corrected chi connectivity index (χ1v) is 4.63. The van der Waals surface area contributed by atoms with E-state index in [0.29, 0.717) is 6.54 Å². The zero-order chi connectivity index (χ0) is 10.5. The monoisotopic (exact) mass is 185 g/mol. The molecule has 76 valence electrons. The molecule has 3 heteroatoms. The van der Waals surface area contributed by atoms with E-state index in [-0.39, 0.29) is 18.0 Å². The summed E-state index contributed by atoms with van der Waals surface area (Å²) >= 11 is 0. The van der Waals surface area contributed by atoms with Gasteiger partial charge in [-0.25, -0.2) is 0 Å². The summed E-state index contributed by atoms with van der Waals surface area (Å²) in [4.78, 5) is 22.3. The number of hydrogen-bond donors (Lipinski definition) is 1. The lowest BCUT2D eigenvalue weighted by Gasteiger charge is -2.22. The van der Waals surface area contributed by atoms with Crippen LogP contribution in [-0.4, -0.2) is 24.7 Å². The quantitative estimate of drug-likeness (QED) is 0.632. The lowest BCUT2D eigenvalue weighted by molar-refractivity contribution is -0.131. The minimum atomic E-state index is -0.429. The smallest absolute Gasteiger partial charge is 0.147 e. The summed E-state index contributed by atoms with van der Waals surface area (Å²) in [7, 11) is 0. The normalized spacial score (nSPS) is 11.4. The molecule has 0 aliphatic rings. The van der Waals surface area contributed by atoms with Crippen molar-refractivity contribution < 1.29 is 9.59 Å². The highest BCUT2D eigenvalue weighted by molar-refractivity contribution is 6.00.